The van der Waals surface area contributed by atoms with Crippen LogP contribution in [0, 0.1) is 11.3 Å². The molecule has 0 rings (SSSR count). The molecule has 0 aromatic rings. The summed E-state index contributed by atoms with van der Waals surface area (Å²) in [5.74, 6) is -0.408. The zero-order valence-corrected chi connectivity index (χ0v) is 12.4. The van der Waals surface area contributed by atoms with E-state index in [0.29, 0.717) is 25.8 Å². The van der Waals surface area contributed by atoms with Crippen molar-refractivity contribution in [3.63, 3.8) is 0 Å². The molecule has 0 aliphatic carbocycles. The molecule has 2 unspecified atom stereocenters. The summed E-state index contributed by atoms with van der Waals surface area (Å²) < 4.78 is 0. The number of aliphatic hydroxyl groups excluding tert-OH is 3. The predicted octanol–water partition coefficient (Wildman–Crippen LogP) is 0.186. The molecule has 0 aliphatic heterocycles. The summed E-state index contributed by atoms with van der Waals surface area (Å²) in [7, 11) is 0. The number of isocyanates is 2. The smallest absolute Gasteiger partial charge is 0.235 e. The fourth-order valence-corrected chi connectivity index (χ4v) is 2.38. The van der Waals surface area contributed by atoms with E-state index in [1.807, 2.05) is 0 Å². The third-order valence-corrected chi connectivity index (χ3v) is 4.03. The van der Waals surface area contributed by atoms with E-state index in [1.165, 1.54) is 12.2 Å². The van der Waals surface area contributed by atoms with Crippen LogP contribution in [0.25, 0.3) is 0 Å². The van der Waals surface area contributed by atoms with Gasteiger partial charge in [0.05, 0.1) is 25.8 Å². The highest BCUT2D eigenvalue weighted by molar-refractivity contribution is 5.34. The summed E-state index contributed by atoms with van der Waals surface area (Å²) >= 11 is 0. The molecule has 21 heavy (non-hydrogen) atoms. The summed E-state index contributed by atoms with van der Waals surface area (Å²) in [5, 5.41) is 28.6. The van der Waals surface area contributed by atoms with Crippen LogP contribution in [0.3, 0.4) is 0 Å². The lowest BCUT2D eigenvalue weighted by molar-refractivity contribution is -0.0313. The second-order valence-corrected chi connectivity index (χ2v) is 5.19. The highest BCUT2D eigenvalue weighted by Gasteiger charge is 2.42. The van der Waals surface area contributed by atoms with E-state index in [1.54, 1.807) is 6.92 Å². The van der Waals surface area contributed by atoms with E-state index < -0.39 is 17.4 Å². The van der Waals surface area contributed by atoms with Gasteiger partial charge in [-0.1, -0.05) is 19.8 Å². The van der Waals surface area contributed by atoms with Crippen LogP contribution in [0.15, 0.2) is 9.98 Å². The lowest BCUT2D eigenvalue weighted by Crippen LogP contribution is -2.47. The normalized spacial score (nSPS) is 13.9. The van der Waals surface area contributed by atoms with E-state index in [0.717, 1.165) is 6.42 Å². The summed E-state index contributed by atoms with van der Waals surface area (Å²) in [6.07, 6.45) is 5.61. The lowest BCUT2D eigenvalue weighted by atomic mass is 9.70. The van der Waals surface area contributed by atoms with Crippen LogP contribution in [0.1, 0.15) is 32.6 Å². The van der Waals surface area contributed by atoms with Gasteiger partial charge in [0, 0.05) is 12.0 Å². The summed E-state index contributed by atoms with van der Waals surface area (Å²) in [5.41, 5.74) is -1.05. The Morgan fingerprint density at radius 1 is 1.05 bits per heavy atom. The van der Waals surface area contributed by atoms with Crippen molar-refractivity contribution in [2.24, 2.45) is 21.3 Å². The first-order valence-electron chi connectivity index (χ1n) is 7.06. The fraction of sp³-hybridized carbons (Fsp3) is 0.857. The monoisotopic (exact) mass is 300 g/mol. The van der Waals surface area contributed by atoms with E-state index in [9.17, 15) is 24.9 Å². The minimum Gasteiger partial charge on any atom is -0.396 e. The second-order valence-electron chi connectivity index (χ2n) is 5.19. The van der Waals surface area contributed by atoms with Gasteiger partial charge in [0.25, 0.3) is 0 Å². The van der Waals surface area contributed by atoms with Crippen LogP contribution < -0.4 is 0 Å². The summed E-state index contributed by atoms with van der Waals surface area (Å²) in [4.78, 5) is 27.7. The first kappa shape index (κ1) is 19.6. The Bertz CT molecular complexity index is 372. The number of aliphatic imine (C=N–C) groups is 2. The van der Waals surface area contributed by atoms with Crippen molar-refractivity contribution >= 4 is 12.2 Å². The van der Waals surface area contributed by atoms with Crippen molar-refractivity contribution < 1.29 is 24.9 Å². The van der Waals surface area contributed by atoms with Gasteiger partial charge in [-0.05, 0) is 18.8 Å². The molecule has 120 valence electrons. The van der Waals surface area contributed by atoms with Gasteiger partial charge in [0.2, 0.25) is 12.2 Å². The van der Waals surface area contributed by atoms with Crippen LogP contribution in [0.4, 0.5) is 0 Å². The molecule has 0 spiro atoms. The molecule has 2 atom stereocenters. The molecule has 0 aromatic carbocycles. The van der Waals surface area contributed by atoms with Gasteiger partial charge >= 0.3 is 0 Å². The maximum atomic E-state index is 10.6. The number of carbonyl (C=O) groups excluding carboxylic acids is 2. The predicted molar refractivity (Wildman–Crippen MR) is 76.2 cm³/mol. The Kier molecular flexibility index (Phi) is 10.6. The summed E-state index contributed by atoms with van der Waals surface area (Å²) in [6.45, 7) is 1.12. The number of hydrogen-bond acceptors (Lipinski definition) is 7. The van der Waals surface area contributed by atoms with E-state index >= 15 is 0 Å². The maximum Gasteiger partial charge on any atom is 0.235 e. The molecule has 0 amide bonds. The molecule has 0 heterocycles. The van der Waals surface area contributed by atoms with Gasteiger partial charge in [-0.2, -0.15) is 0 Å². The standard InChI is InChI=1S/C14H24N2O5/c1-12(7-17)14(8-18,9-19)13(16-11-21)5-3-2-4-6-15-10-20/h12-13,17-19H,2-9H2,1H3. The van der Waals surface area contributed by atoms with Gasteiger partial charge in [-0.25, -0.2) is 19.6 Å². The third kappa shape index (κ3) is 5.87. The van der Waals surface area contributed by atoms with Gasteiger partial charge in [0.1, 0.15) is 0 Å². The molecule has 0 saturated heterocycles. The minimum atomic E-state index is -1.05. The average Bonchev–Trinajstić information content (AvgIpc) is 2.51. The number of unbranched alkanes of at least 4 members (excludes halogenated alkanes) is 2. The SMILES string of the molecule is CC(CO)C(CO)(CO)C(CCCCCN=C=O)N=C=O. The molecule has 0 fully saturated rings. The molecular formula is C14H24N2O5. The largest absolute Gasteiger partial charge is 0.396 e. The van der Waals surface area contributed by atoms with E-state index in [2.05, 4.69) is 9.98 Å². The van der Waals surface area contributed by atoms with Gasteiger partial charge in [0.15, 0.2) is 0 Å². The van der Waals surface area contributed by atoms with Crippen LogP contribution in [-0.4, -0.2) is 59.9 Å². The number of aliphatic hydroxyl groups is 3. The zero-order valence-electron chi connectivity index (χ0n) is 12.4. The molecule has 7 heteroatoms. The van der Waals surface area contributed by atoms with Crippen LogP contribution in [0.2, 0.25) is 0 Å². The van der Waals surface area contributed by atoms with Gasteiger partial charge in [-0.3, -0.25) is 0 Å². The van der Waals surface area contributed by atoms with Gasteiger partial charge < -0.3 is 15.3 Å². The molecule has 0 saturated carbocycles. The molecule has 7 nitrogen and oxygen atoms in total. The van der Waals surface area contributed by atoms with Crippen LogP contribution >= 0.6 is 0 Å². The highest BCUT2D eigenvalue weighted by Crippen LogP contribution is 2.35. The Hall–Kier alpha value is -1.36. The third-order valence-electron chi connectivity index (χ3n) is 4.03. The molecule has 0 bridgehead atoms. The molecule has 0 aromatic heterocycles. The first-order valence-corrected chi connectivity index (χ1v) is 7.06. The summed E-state index contributed by atoms with van der Waals surface area (Å²) in [6, 6.07) is -0.610. The Labute approximate surface area is 124 Å². The maximum absolute atomic E-state index is 10.6. The zero-order chi connectivity index (χ0) is 16.1. The van der Waals surface area contributed by atoms with Gasteiger partial charge in [-0.15, -0.1) is 0 Å². The van der Waals surface area contributed by atoms with Crippen molar-refractivity contribution in [2.45, 2.75) is 38.6 Å². The fourth-order valence-electron chi connectivity index (χ4n) is 2.38. The molecule has 0 aliphatic rings. The number of hydrogen-bond donors (Lipinski definition) is 3. The molecular weight excluding hydrogens is 276 g/mol. The van der Waals surface area contributed by atoms with Crippen molar-refractivity contribution in [1.82, 2.24) is 0 Å². The molecule has 0 radical (unpaired) electrons. The molecule has 3 N–H and O–H groups in total. The average molecular weight is 300 g/mol. The lowest BCUT2D eigenvalue weighted by Gasteiger charge is -2.39. The van der Waals surface area contributed by atoms with Crippen molar-refractivity contribution in [1.29, 1.82) is 0 Å². The second kappa shape index (κ2) is 11.3. The first-order chi connectivity index (χ1) is 10.1. The quantitative estimate of drug-likeness (QED) is 0.270. The van der Waals surface area contributed by atoms with Crippen molar-refractivity contribution in [2.75, 3.05) is 26.4 Å². The van der Waals surface area contributed by atoms with E-state index in [-0.39, 0.29) is 19.8 Å². The number of nitrogens with zero attached hydrogens (tertiary/aromatic N) is 2. The van der Waals surface area contributed by atoms with Crippen molar-refractivity contribution in [3.8, 4) is 0 Å². The minimum absolute atomic E-state index is 0.222. The Morgan fingerprint density at radius 2 is 1.71 bits per heavy atom. The Morgan fingerprint density at radius 3 is 2.19 bits per heavy atom. The van der Waals surface area contributed by atoms with E-state index in [4.69, 9.17) is 0 Å². The van der Waals surface area contributed by atoms with Crippen molar-refractivity contribution in [3.05, 3.63) is 0 Å². The van der Waals surface area contributed by atoms with Crippen LogP contribution in [-0.2, 0) is 9.59 Å². The topological polar surface area (TPSA) is 120 Å². The highest BCUT2D eigenvalue weighted by atomic mass is 16.3. The van der Waals surface area contributed by atoms with Crippen LogP contribution in [0.5, 0.6) is 0 Å². The number of rotatable bonds is 12. The Balaban J connectivity index is 4.75.